The summed E-state index contributed by atoms with van der Waals surface area (Å²) in [7, 11) is 0. The predicted octanol–water partition coefficient (Wildman–Crippen LogP) is 1.68. The van der Waals surface area contributed by atoms with E-state index in [0.717, 1.165) is 13.2 Å². The molecule has 11 heavy (non-hydrogen) atoms. The molecule has 2 nitrogen and oxygen atoms in total. The number of rotatable bonds is 3. The quantitative estimate of drug-likeness (QED) is 0.669. The number of ether oxygens (including phenoxy) is 1. The van der Waals surface area contributed by atoms with Gasteiger partial charge in [-0.05, 0) is 32.9 Å². The van der Waals surface area contributed by atoms with Crippen LogP contribution in [0.25, 0.3) is 0 Å². The standard InChI is InChI=1S/C9H17NO/c1-8(2)6-10-7-9-4-3-5-11-9/h6,9-10H,3-5,7H2,1-2H3. The van der Waals surface area contributed by atoms with E-state index in [1.165, 1.54) is 18.4 Å². The van der Waals surface area contributed by atoms with Gasteiger partial charge in [-0.2, -0.15) is 0 Å². The Bertz CT molecular complexity index is 132. The van der Waals surface area contributed by atoms with Crippen LogP contribution in [0.2, 0.25) is 0 Å². The van der Waals surface area contributed by atoms with Crippen molar-refractivity contribution in [3.63, 3.8) is 0 Å². The van der Waals surface area contributed by atoms with Gasteiger partial charge >= 0.3 is 0 Å². The highest BCUT2D eigenvalue weighted by Gasteiger charge is 2.13. The van der Waals surface area contributed by atoms with E-state index >= 15 is 0 Å². The summed E-state index contributed by atoms with van der Waals surface area (Å²) in [5.41, 5.74) is 1.31. The first-order valence-electron chi connectivity index (χ1n) is 4.27. The van der Waals surface area contributed by atoms with Gasteiger partial charge in [0.2, 0.25) is 0 Å². The lowest BCUT2D eigenvalue weighted by molar-refractivity contribution is 0.113. The molecule has 0 aromatic carbocycles. The van der Waals surface area contributed by atoms with Crippen molar-refractivity contribution >= 4 is 0 Å². The molecule has 1 heterocycles. The highest BCUT2D eigenvalue weighted by Crippen LogP contribution is 2.10. The van der Waals surface area contributed by atoms with Crippen LogP contribution in [-0.2, 0) is 4.74 Å². The van der Waals surface area contributed by atoms with Gasteiger partial charge in [-0.15, -0.1) is 0 Å². The third kappa shape index (κ3) is 3.42. The molecule has 1 N–H and O–H groups in total. The molecule has 1 aliphatic heterocycles. The highest BCUT2D eigenvalue weighted by atomic mass is 16.5. The van der Waals surface area contributed by atoms with Crippen molar-refractivity contribution < 1.29 is 4.74 Å². The molecule has 1 aliphatic rings. The van der Waals surface area contributed by atoms with Gasteiger partial charge in [-0.3, -0.25) is 0 Å². The molecular formula is C9H17NO. The van der Waals surface area contributed by atoms with Crippen LogP contribution in [0.5, 0.6) is 0 Å². The second kappa shape index (κ2) is 4.39. The molecule has 1 rings (SSSR count). The summed E-state index contributed by atoms with van der Waals surface area (Å²) in [5.74, 6) is 0. The molecule has 1 saturated heterocycles. The zero-order valence-electron chi connectivity index (χ0n) is 7.39. The Kier molecular flexibility index (Phi) is 3.43. The van der Waals surface area contributed by atoms with Crippen LogP contribution in [0.3, 0.4) is 0 Å². The largest absolute Gasteiger partial charge is 0.388 e. The summed E-state index contributed by atoms with van der Waals surface area (Å²) >= 11 is 0. The second-order valence-corrected chi connectivity index (χ2v) is 3.26. The Morgan fingerprint density at radius 2 is 2.45 bits per heavy atom. The summed E-state index contributed by atoms with van der Waals surface area (Å²) < 4.78 is 5.44. The average Bonchev–Trinajstić information content (AvgIpc) is 2.39. The zero-order chi connectivity index (χ0) is 8.10. The molecule has 1 atom stereocenters. The second-order valence-electron chi connectivity index (χ2n) is 3.26. The van der Waals surface area contributed by atoms with Crippen LogP contribution in [0, 0.1) is 0 Å². The van der Waals surface area contributed by atoms with Gasteiger partial charge in [0.15, 0.2) is 0 Å². The summed E-state index contributed by atoms with van der Waals surface area (Å²) in [6.07, 6.45) is 4.93. The van der Waals surface area contributed by atoms with Crippen molar-refractivity contribution in [1.82, 2.24) is 5.32 Å². The molecule has 0 aliphatic carbocycles. The molecule has 2 heteroatoms. The third-order valence-electron chi connectivity index (χ3n) is 1.76. The van der Waals surface area contributed by atoms with Crippen LogP contribution in [-0.4, -0.2) is 19.3 Å². The van der Waals surface area contributed by atoms with E-state index in [-0.39, 0.29) is 0 Å². The third-order valence-corrected chi connectivity index (χ3v) is 1.76. The molecule has 0 bridgehead atoms. The average molecular weight is 155 g/mol. The topological polar surface area (TPSA) is 21.3 Å². The van der Waals surface area contributed by atoms with E-state index in [1.54, 1.807) is 0 Å². The fourth-order valence-corrected chi connectivity index (χ4v) is 1.20. The molecule has 0 aromatic heterocycles. The summed E-state index contributed by atoms with van der Waals surface area (Å²) in [6, 6.07) is 0. The molecule has 1 fully saturated rings. The van der Waals surface area contributed by atoms with Crippen molar-refractivity contribution in [3.8, 4) is 0 Å². The monoisotopic (exact) mass is 155 g/mol. The predicted molar refractivity (Wildman–Crippen MR) is 46.4 cm³/mol. The minimum absolute atomic E-state index is 0.450. The molecule has 64 valence electrons. The maximum absolute atomic E-state index is 5.44. The summed E-state index contributed by atoms with van der Waals surface area (Å²) in [6.45, 7) is 6.08. The van der Waals surface area contributed by atoms with E-state index in [2.05, 4.69) is 19.2 Å². The van der Waals surface area contributed by atoms with Crippen molar-refractivity contribution in [1.29, 1.82) is 0 Å². The van der Waals surface area contributed by atoms with Gasteiger partial charge in [-0.25, -0.2) is 0 Å². The van der Waals surface area contributed by atoms with Crippen LogP contribution in [0.15, 0.2) is 11.8 Å². The maximum atomic E-state index is 5.44. The Labute approximate surface area is 68.6 Å². The molecule has 0 aromatic rings. The number of nitrogens with one attached hydrogen (secondary N) is 1. The van der Waals surface area contributed by atoms with E-state index < -0.39 is 0 Å². The number of allylic oxidation sites excluding steroid dienone is 1. The van der Waals surface area contributed by atoms with Crippen LogP contribution in [0.1, 0.15) is 26.7 Å². The summed E-state index contributed by atoms with van der Waals surface area (Å²) in [5, 5.41) is 3.24. The molecule has 0 radical (unpaired) electrons. The van der Waals surface area contributed by atoms with Crippen LogP contribution in [0.4, 0.5) is 0 Å². The SMILES string of the molecule is CC(C)=CNCC1CCCO1. The molecule has 1 unspecified atom stereocenters. The van der Waals surface area contributed by atoms with Crippen LogP contribution >= 0.6 is 0 Å². The van der Waals surface area contributed by atoms with Crippen molar-refractivity contribution in [3.05, 3.63) is 11.8 Å². The Morgan fingerprint density at radius 3 is 3.00 bits per heavy atom. The van der Waals surface area contributed by atoms with Crippen LogP contribution < -0.4 is 5.32 Å². The zero-order valence-corrected chi connectivity index (χ0v) is 7.39. The van der Waals surface area contributed by atoms with Crippen molar-refractivity contribution in [2.45, 2.75) is 32.8 Å². The summed E-state index contributed by atoms with van der Waals surface area (Å²) in [4.78, 5) is 0. The van der Waals surface area contributed by atoms with Gasteiger partial charge in [-0.1, -0.05) is 5.57 Å². The lowest BCUT2D eigenvalue weighted by Gasteiger charge is -2.08. The van der Waals surface area contributed by atoms with E-state index in [0.29, 0.717) is 6.10 Å². The Morgan fingerprint density at radius 1 is 1.64 bits per heavy atom. The van der Waals surface area contributed by atoms with Crippen molar-refractivity contribution in [2.75, 3.05) is 13.2 Å². The van der Waals surface area contributed by atoms with Crippen molar-refractivity contribution in [2.24, 2.45) is 0 Å². The van der Waals surface area contributed by atoms with E-state index in [9.17, 15) is 0 Å². The van der Waals surface area contributed by atoms with Gasteiger partial charge in [0, 0.05) is 13.2 Å². The fourth-order valence-electron chi connectivity index (χ4n) is 1.20. The first kappa shape index (κ1) is 8.60. The molecular weight excluding hydrogens is 138 g/mol. The lowest BCUT2D eigenvalue weighted by Crippen LogP contribution is -2.22. The Balaban J connectivity index is 2.07. The maximum Gasteiger partial charge on any atom is 0.0748 e. The normalized spacial score (nSPS) is 23.3. The lowest BCUT2D eigenvalue weighted by atomic mass is 10.2. The highest BCUT2D eigenvalue weighted by molar-refractivity contribution is 4.91. The molecule has 0 spiro atoms. The first-order chi connectivity index (χ1) is 5.29. The molecule has 0 saturated carbocycles. The van der Waals surface area contributed by atoms with Gasteiger partial charge < -0.3 is 10.1 Å². The smallest absolute Gasteiger partial charge is 0.0748 e. The van der Waals surface area contributed by atoms with Gasteiger partial charge in [0.1, 0.15) is 0 Å². The minimum atomic E-state index is 0.450. The minimum Gasteiger partial charge on any atom is -0.388 e. The first-order valence-corrected chi connectivity index (χ1v) is 4.27. The van der Waals surface area contributed by atoms with E-state index in [4.69, 9.17) is 4.74 Å². The van der Waals surface area contributed by atoms with Gasteiger partial charge in [0.05, 0.1) is 6.10 Å². The number of hydrogen-bond donors (Lipinski definition) is 1. The number of hydrogen-bond acceptors (Lipinski definition) is 2. The Hall–Kier alpha value is -0.500. The van der Waals surface area contributed by atoms with E-state index in [1.807, 2.05) is 6.20 Å². The fraction of sp³-hybridized carbons (Fsp3) is 0.778. The van der Waals surface area contributed by atoms with Gasteiger partial charge in [0.25, 0.3) is 0 Å². The molecule has 0 amide bonds.